The first-order valence-electron chi connectivity index (χ1n) is 6.48. The molecule has 1 aromatic heterocycles. The molecule has 0 aliphatic rings. The third-order valence-corrected chi connectivity index (χ3v) is 3.79. The van der Waals surface area contributed by atoms with E-state index in [0.29, 0.717) is 22.3 Å². The molecule has 0 aliphatic heterocycles. The molecule has 2 aromatic rings. The van der Waals surface area contributed by atoms with Crippen molar-refractivity contribution in [1.82, 2.24) is 20.4 Å². The minimum Gasteiger partial charge on any atom is -0.349 e. The van der Waals surface area contributed by atoms with Gasteiger partial charge in [0.05, 0.1) is 15.7 Å². The Labute approximate surface area is 145 Å². The van der Waals surface area contributed by atoms with E-state index in [2.05, 4.69) is 15.7 Å². The zero-order valence-corrected chi connectivity index (χ0v) is 14.5. The van der Waals surface area contributed by atoms with Crippen LogP contribution in [0.1, 0.15) is 17.4 Å². The SMILES string of the molecule is CNC(C)CNC(=O)c1ccn(-c2ccc(Cl)c(Cl)c2)n1.Cl. The summed E-state index contributed by atoms with van der Waals surface area (Å²) in [6.07, 6.45) is 1.70. The molecule has 0 radical (unpaired) electrons. The third kappa shape index (κ3) is 4.61. The van der Waals surface area contributed by atoms with Crippen LogP contribution in [0.3, 0.4) is 0 Å². The third-order valence-electron chi connectivity index (χ3n) is 3.05. The van der Waals surface area contributed by atoms with Crippen LogP contribution in [-0.4, -0.2) is 35.3 Å². The van der Waals surface area contributed by atoms with Crippen molar-refractivity contribution in [3.05, 3.63) is 46.2 Å². The lowest BCUT2D eigenvalue weighted by molar-refractivity contribution is 0.0945. The van der Waals surface area contributed by atoms with E-state index in [4.69, 9.17) is 23.2 Å². The summed E-state index contributed by atoms with van der Waals surface area (Å²) >= 11 is 11.9. The van der Waals surface area contributed by atoms with Crippen molar-refractivity contribution in [3.8, 4) is 5.69 Å². The van der Waals surface area contributed by atoms with E-state index in [1.807, 2.05) is 14.0 Å². The second-order valence-corrected chi connectivity index (χ2v) is 5.46. The van der Waals surface area contributed by atoms with Crippen LogP contribution in [0.15, 0.2) is 30.5 Å². The highest BCUT2D eigenvalue weighted by atomic mass is 35.5. The second kappa shape index (κ2) is 8.39. The van der Waals surface area contributed by atoms with Gasteiger partial charge in [-0.2, -0.15) is 5.10 Å². The van der Waals surface area contributed by atoms with E-state index in [9.17, 15) is 4.79 Å². The maximum atomic E-state index is 12.0. The summed E-state index contributed by atoms with van der Waals surface area (Å²) in [5.74, 6) is -0.212. The van der Waals surface area contributed by atoms with Crippen molar-refractivity contribution in [3.63, 3.8) is 0 Å². The number of hydrogen-bond acceptors (Lipinski definition) is 3. The fraction of sp³-hybridized carbons (Fsp3) is 0.286. The smallest absolute Gasteiger partial charge is 0.271 e. The van der Waals surface area contributed by atoms with Gasteiger partial charge in [-0.15, -0.1) is 12.4 Å². The van der Waals surface area contributed by atoms with E-state index in [0.717, 1.165) is 5.69 Å². The molecular weight excluding hydrogens is 347 g/mol. The van der Waals surface area contributed by atoms with Gasteiger partial charge in [0.15, 0.2) is 5.69 Å². The predicted molar refractivity (Wildman–Crippen MR) is 91.7 cm³/mol. The summed E-state index contributed by atoms with van der Waals surface area (Å²) in [4.78, 5) is 12.0. The van der Waals surface area contributed by atoms with Gasteiger partial charge in [0.2, 0.25) is 0 Å². The van der Waals surface area contributed by atoms with Gasteiger partial charge in [0.25, 0.3) is 5.91 Å². The zero-order chi connectivity index (χ0) is 15.4. The van der Waals surface area contributed by atoms with Crippen LogP contribution in [0.4, 0.5) is 0 Å². The molecule has 1 aromatic carbocycles. The van der Waals surface area contributed by atoms with Crippen LogP contribution in [-0.2, 0) is 0 Å². The van der Waals surface area contributed by atoms with E-state index in [1.54, 1.807) is 35.1 Å². The first-order valence-corrected chi connectivity index (χ1v) is 7.23. The molecule has 5 nitrogen and oxygen atoms in total. The van der Waals surface area contributed by atoms with Crippen LogP contribution in [0.25, 0.3) is 5.69 Å². The summed E-state index contributed by atoms with van der Waals surface area (Å²) in [7, 11) is 1.84. The number of likely N-dealkylation sites (N-methyl/N-ethyl adjacent to an activating group) is 1. The number of aromatic nitrogens is 2. The van der Waals surface area contributed by atoms with Crippen molar-refractivity contribution in [2.45, 2.75) is 13.0 Å². The maximum Gasteiger partial charge on any atom is 0.271 e. The Kier molecular flexibility index (Phi) is 7.16. The van der Waals surface area contributed by atoms with Crippen molar-refractivity contribution in [1.29, 1.82) is 0 Å². The van der Waals surface area contributed by atoms with Gasteiger partial charge in [-0.3, -0.25) is 4.79 Å². The lowest BCUT2D eigenvalue weighted by atomic mass is 10.3. The molecule has 8 heteroatoms. The predicted octanol–water partition coefficient (Wildman–Crippen LogP) is 2.94. The summed E-state index contributed by atoms with van der Waals surface area (Å²) in [5, 5.41) is 11.0. The van der Waals surface area contributed by atoms with Crippen LogP contribution in [0.5, 0.6) is 0 Å². The highest BCUT2D eigenvalue weighted by Gasteiger charge is 2.11. The molecule has 1 amide bonds. The van der Waals surface area contributed by atoms with Crippen molar-refractivity contribution >= 4 is 41.5 Å². The summed E-state index contributed by atoms with van der Waals surface area (Å²) < 4.78 is 1.58. The standard InChI is InChI=1S/C14H16Cl2N4O.ClH/c1-9(17-2)8-18-14(21)13-5-6-20(19-13)10-3-4-11(15)12(16)7-10;/h3-7,9,17H,8H2,1-2H3,(H,18,21);1H. The zero-order valence-electron chi connectivity index (χ0n) is 12.1. The summed E-state index contributed by atoms with van der Waals surface area (Å²) in [5.41, 5.74) is 1.09. The van der Waals surface area contributed by atoms with Gasteiger partial charge in [-0.25, -0.2) is 4.68 Å². The summed E-state index contributed by atoms with van der Waals surface area (Å²) in [6.45, 7) is 2.52. The van der Waals surface area contributed by atoms with E-state index in [-0.39, 0.29) is 24.4 Å². The number of hydrogen-bond donors (Lipinski definition) is 2. The van der Waals surface area contributed by atoms with Gasteiger partial charge < -0.3 is 10.6 Å². The van der Waals surface area contributed by atoms with Gasteiger partial charge in [0.1, 0.15) is 0 Å². The van der Waals surface area contributed by atoms with Crippen molar-refractivity contribution in [2.75, 3.05) is 13.6 Å². The quantitative estimate of drug-likeness (QED) is 0.858. The van der Waals surface area contributed by atoms with Crippen LogP contribution in [0.2, 0.25) is 10.0 Å². The number of carbonyl (C=O) groups is 1. The molecule has 0 saturated heterocycles. The van der Waals surface area contributed by atoms with Crippen LogP contribution < -0.4 is 10.6 Å². The molecule has 0 fully saturated rings. The topological polar surface area (TPSA) is 58.9 Å². The fourth-order valence-corrected chi connectivity index (χ4v) is 1.95. The van der Waals surface area contributed by atoms with Gasteiger partial charge in [-0.1, -0.05) is 23.2 Å². The number of carbonyl (C=O) groups excluding carboxylic acids is 1. The number of nitrogens with one attached hydrogen (secondary N) is 2. The Morgan fingerprint density at radius 3 is 2.68 bits per heavy atom. The molecule has 0 saturated carbocycles. The Balaban J connectivity index is 0.00000242. The molecule has 0 bridgehead atoms. The molecule has 2 rings (SSSR count). The first-order chi connectivity index (χ1) is 10.0. The second-order valence-electron chi connectivity index (χ2n) is 4.64. The monoisotopic (exact) mass is 362 g/mol. The maximum absolute atomic E-state index is 12.0. The van der Waals surface area contributed by atoms with E-state index >= 15 is 0 Å². The van der Waals surface area contributed by atoms with Gasteiger partial charge in [0, 0.05) is 18.8 Å². The van der Waals surface area contributed by atoms with Crippen LogP contribution >= 0.6 is 35.6 Å². The molecule has 1 atom stereocenters. The Hall–Kier alpha value is -1.27. The molecular formula is C14H17Cl3N4O. The number of benzene rings is 1. The number of nitrogens with zero attached hydrogens (tertiary/aromatic N) is 2. The molecule has 22 heavy (non-hydrogen) atoms. The normalized spacial score (nSPS) is 11.6. The summed E-state index contributed by atoms with van der Waals surface area (Å²) in [6, 6.07) is 7.02. The fourth-order valence-electron chi connectivity index (χ4n) is 1.65. The lowest BCUT2D eigenvalue weighted by Crippen LogP contribution is -2.37. The highest BCUT2D eigenvalue weighted by Crippen LogP contribution is 2.24. The molecule has 120 valence electrons. The molecule has 0 aliphatic carbocycles. The first kappa shape index (κ1) is 18.8. The van der Waals surface area contributed by atoms with Crippen LogP contribution in [0, 0.1) is 0 Å². The van der Waals surface area contributed by atoms with Crippen molar-refractivity contribution in [2.24, 2.45) is 0 Å². The molecule has 1 unspecified atom stereocenters. The highest BCUT2D eigenvalue weighted by molar-refractivity contribution is 6.42. The average Bonchev–Trinajstić information content (AvgIpc) is 2.97. The van der Waals surface area contributed by atoms with Gasteiger partial charge >= 0.3 is 0 Å². The number of rotatable bonds is 5. The Bertz CT molecular complexity index is 645. The minimum atomic E-state index is -0.212. The molecule has 2 N–H and O–H groups in total. The largest absolute Gasteiger partial charge is 0.349 e. The Morgan fingerprint density at radius 2 is 2.05 bits per heavy atom. The minimum absolute atomic E-state index is 0. The van der Waals surface area contributed by atoms with E-state index < -0.39 is 0 Å². The van der Waals surface area contributed by atoms with Crippen molar-refractivity contribution < 1.29 is 4.79 Å². The lowest BCUT2D eigenvalue weighted by Gasteiger charge is -2.10. The average molecular weight is 364 g/mol. The number of halogens is 3. The molecule has 1 heterocycles. The van der Waals surface area contributed by atoms with E-state index in [1.165, 1.54) is 0 Å². The Morgan fingerprint density at radius 1 is 1.32 bits per heavy atom. The number of amides is 1. The van der Waals surface area contributed by atoms with Gasteiger partial charge in [-0.05, 0) is 38.2 Å². The molecule has 0 spiro atoms.